The van der Waals surface area contributed by atoms with Crippen LogP contribution in [0.1, 0.15) is 60.8 Å². The molecule has 6 heteroatoms. The Labute approximate surface area is 138 Å². The Morgan fingerprint density at radius 3 is 2.65 bits per heavy atom. The lowest BCUT2D eigenvalue weighted by molar-refractivity contribution is -0.102. The Morgan fingerprint density at radius 1 is 1.43 bits per heavy atom. The van der Waals surface area contributed by atoms with Crippen LogP contribution in [0.4, 0.5) is 4.79 Å². The maximum atomic E-state index is 12.5. The molecule has 130 valence electrons. The molecule has 2 rings (SSSR count). The molecule has 0 fully saturated rings. The molecule has 0 aromatic heterocycles. The summed E-state index contributed by atoms with van der Waals surface area (Å²) in [5.41, 5.74) is 4.60. The van der Waals surface area contributed by atoms with E-state index in [0.717, 1.165) is 41.5 Å². The van der Waals surface area contributed by atoms with Gasteiger partial charge in [0.15, 0.2) is 0 Å². The number of carbonyl (C=O) groups excluding carboxylic acids is 1. The molecular weight excluding hydrogens is 294 g/mol. The molecule has 23 heavy (non-hydrogen) atoms. The van der Waals surface area contributed by atoms with Crippen LogP contribution in [0.15, 0.2) is 23.2 Å². The van der Waals surface area contributed by atoms with Crippen LogP contribution in [-0.2, 0) is 4.74 Å². The summed E-state index contributed by atoms with van der Waals surface area (Å²) in [6, 6.07) is 0. The maximum Gasteiger partial charge on any atom is 0.414 e. The molecule has 2 aliphatic rings. The second-order valence-corrected chi connectivity index (χ2v) is 7.87. The van der Waals surface area contributed by atoms with Crippen molar-refractivity contribution < 1.29 is 14.7 Å². The molecule has 2 heterocycles. The van der Waals surface area contributed by atoms with E-state index in [1.807, 2.05) is 40.7 Å². The highest BCUT2D eigenvalue weighted by Crippen LogP contribution is 2.41. The van der Waals surface area contributed by atoms with Gasteiger partial charge in [0, 0.05) is 12.0 Å². The minimum Gasteiger partial charge on any atom is -0.443 e. The zero-order valence-electron chi connectivity index (χ0n) is 15.1. The fraction of sp³-hybridized carbons (Fsp3) is 0.706. The van der Waals surface area contributed by atoms with E-state index in [9.17, 15) is 10.0 Å². The molecule has 2 aliphatic heterocycles. The number of rotatable bonds is 3. The van der Waals surface area contributed by atoms with E-state index in [-0.39, 0.29) is 11.5 Å². The van der Waals surface area contributed by atoms with E-state index in [4.69, 9.17) is 4.74 Å². The lowest BCUT2D eigenvalue weighted by Gasteiger charge is -2.31. The van der Waals surface area contributed by atoms with Crippen LogP contribution in [0.5, 0.6) is 0 Å². The average molecular weight is 323 g/mol. The van der Waals surface area contributed by atoms with Gasteiger partial charge >= 0.3 is 6.09 Å². The fourth-order valence-corrected chi connectivity index (χ4v) is 2.81. The maximum absolute atomic E-state index is 12.5. The van der Waals surface area contributed by atoms with Crippen LogP contribution < -0.4 is 5.43 Å². The van der Waals surface area contributed by atoms with E-state index < -0.39 is 5.60 Å². The summed E-state index contributed by atoms with van der Waals surface area (Å²) in [7, 11) is 0. The lowest BCUT2D eigenvalue weighted by atomic mass is 9.91. The van der Waals surface area contributed by atoms with E-state index in [2.05, 4.69) is 12.3 Å². The van der Waals surface area contributed by atoms with Crippen LogP contribution in [0.3, 0.4) is 0 Å². The number of nitrogens with zero attached hydrogens (tertiary/aromatic N) is 2. The van der Waals surface area contributed by atoms with Gasteiger partial charge in [-0.2, -0.15) is 5.17 Å². The normalized spacial score (nSPS) is 20.2. The van der Waals surface area contributed by atoms with Gasteiger partial charge in [0.2, 0.25) is 0 Å². The number of unbranched alkanes of at least 4 members (excludes halogenated alkanes) is 1. The van der Waals surface area contributed by atoms with E-state index in [1.54, 1.807) is 4.90 Å². The summed E-state index contributed by atoms with van der Waals surface area (Å²) in [5, 5.41) is 11.2. The summed E-state index contributed by atoms with van der Waals surface area (Å²) < 4.78 is 5.53. The molecule has 0 saturated carbocycles. The van der Waals surface area contributed by atoms with Crippen molar-refractivity contribution >= 4 is 6.09 Å². The molecule has 0 atom stereocenters. The molecule has 2 N–H and O–H groups in total. The highest BCUT2D eigenvalue weighted by Gasteiger charge is 2.43. The molecule has 0 aromatic rings. The number of hydrazine groups is 1. The third-order valence-corrected chi connectivity index (χ3v) is 3.97. The smallest absolute Gasteiger partial charge is 0.414 e. The highest BCUT2D eigenvalue weighted by molar-refractivity contribution is 5.73. The van der Waals surface area contributed by atoms with Gasteiger partial charge in [-0.25, -0.2) is 4.79 Å². The first-order valence-electron chi connectivity index (χ1n) is 8.26. The Morgan fingerprint density at radius 2 is 2.09 bits per heavy atom. The van der Waals surface area contributed by atoms with Gasteiger partial charge in [-0.1, -0.05) is 27.2 Å². The average Bonchev–Trinajstić information content (AvgIpc) is 2.66. The van der Waals surface area contributed by atoms with Crippen LogP contribution in [-0.4, -0.2) is 33.5 Å². The Kier molecular flexibility index (Phi) is 4.66. The van der Waals surface area contributed by atoms with Crippen LogP contribution in [0, 0.1) is 5.41 Å². The molecule has 0 unspecified atom stereocenters. The Balaban J connectivity index is 2.30. The van der Waals surface area contributed by atoms with Gasteiger partial charge in [0.1, 0.15) is 5.60 Å². The number of amides is 1. The molecule has 0 spiro atoms. The van der Waals surface area contributed by atoms with Crippen molar-refractivity contribution in [3.63, 3.8) is 0 Å². The zero-order valence-corrected chi connectivity index (χ0v) is 15.1. The molecule has 0 bridgehead atoms. The minimum absolute atomic E-state index is 0.278. The number of carbonyl (C=O) groups is 1. The van der Waals surface area contributed by atoms with E-state index in [1.165, 1.54) is 0 Å². The van der Waals surface area contributed by atoms with Gasteiger partial charge in [-0.15, -0.1) is 0 Å². The van der Waals surface area contributed by atoms with Crippen molar-refractivity contribution in [2.75, 3.05) is 6.54 Å². The first kappa shape index (κ1) is 17.7. The molecule has 0 aromatic carbocycles. The van der Waals surface area contributed by atoms with Gasteiger partial charge in [-0.3, -0.25) is 15.5 Å². The highest BCUT2D eigenvalue weighted by atomic mass is 16.6. The molecule has 0 radical (unpaired) electrons. The van der Waals surface area contributed by atoms with Gasteiger partial charge in [0.25, 0.3) is 0 Å². The first-order valence-corrected chi connectivity index (χ1v) is 8.26. The van der Waals surface area contributed by atoms with Crippen molar-refractivity contribution in [3.8, 4) is 0 Å². The topological polar surface area (TPSA) is 65.0 Å². The number of nitrogens with one attached hydrogen (secondary N) is 1. The van der Waals surface area contributed by atoms with Crippen LogP contribution in [0.2, 0.25) is 0 Å². The Bertz CT molecular complexity index is 544. The number of hydrogen-bond donors (Lipinski definition) is 2. The minimum atomic E-state index is -0.537. The molecule has 0 saturated heterocycles. The number of ether oxygens (including phenoxy) is 1. The lowest BCUT2D eigenvalue weighted by Crippen LogP contribution is -2.40. The summed E-state index contributed by atoms with van der Waals surface area (Å²) in [6.07, 6.45) is 4.30. The van der Waals surface area contributed by atoms with E-state index in [0.29, 0.717) is 6.54 Å². The van der Waals surface area contributed by atoms with E-state index >= 15 is 0 Å². The SMILES string of the molecule is CCCCC1=CC2=C(NN1O)C(C)(C)CN2C(=O)OC(C)(C)C. The number of allylic oxidation sites excluding steroid dienone is 2. The van der Waals surface area contributed by atoms with Crippen LogP contribution >= 0.6 is 0 Å². The summed E-state index contributed by atoms with van der Waals surface area (Å²) in [5.74, 6) is 0. The molecule has 0 aliphatic carbocycles. The predicted octanol–water partition coefficient (Wildman–Crippen LogP) is 3.76. The standard InChI is InChI=1S/C17H29N3O3/c1-7-8-9-12-10-13-14(18-20(12)22)17(5,6)11-19(13)15(21)23-16(2,3)4/h10,18,22H,7-9,11H2,1-6H3. The van der Waals surface area contributed by atoms with Crippen molar-refractivity contribution in [2.24, 2.45) is 5.41 Å². The summed E-state index contributed by atoms with van der Waals surface area (Å²) in [6.45, 7) is 12.3. The molecular formula is C17H29N3O3. The van der Waals surface area contributed by atoms with Crippen molar-refractivity contribution in [2.45, 2.75) is 66.4 Å². The zero-order chi connectivity index (χ0) is 17.4. The van der Waals surface area contributed by atoms with Crippen LogP contribution in [0.25, 0.3) is 0 Å². The second-order valence-electron chi connectivity index (χ2n) is 7.87. The van der Waals surface area contributed by atoms with Crippen molar-refractivity contribution in [1.29, 1.82) is 0 Å². The number of hydrogen-bond acceptors (Lipinski definition) is 5. The number of hydroxylamine groups is 1. The predicted molar refractivity (Wildman–Crippen MR) is 88.1 cm³/mol. The summed E-state index contributed by atoms with van der Waals surface area (Å²) >= 11 is 0. The van der Waals surface area contributed by atoms with Crippen molar-refractivity contribution in [3.05, 3.63) is 23.2 Å². The molecule has 1 amide bonds. The third kappa shape index (κ3) is 3.80. The fourth-order valence-electron chi connectivity index (χ4n) is 2.81. The van der Waals surface area contributed by atoms with Gasteiger partial charge in [0.05, 0.1) is 17.1 Å². The Hall–Kier alpha value is -1.69. The second kappa shape index (κ2) is 6.07. The summed E-state index contributed by atoms with van der Waals surface area (Å²) in [4.78, 5) is 14.2. The monoisotopic (exact) mass is 323 g/mol. The van der Waals surface area contributed by atoms with Gasteiger partial charge in [-0.05, 0) is 39.7 Å². The molecule has 6 nitrogen and oxygen atoms in total. The first-order chi connectivity index (χ1) is 10.5. The largest absolute Gasteiger partial charge is 0.443 e. The third-order valence-electron chi connectivity index (χ3n) is 3.97. The quantitative estimate of drug-likeness (QED) is 0.828. The van der Waals surface area contributed by atoms with Crippen molar-refractivity contribution in [1.82, 2.24) is 15.5 Å². The van der Waals surface area contributed by atoms with Gasteiger partial charge < -0.3 is 4.74 Å².